The van der Waals surface area contributed by atoms with Gasteiger partial charge in [0.15, 0.2) is 0 Å². The molecule has 1 N–H and O–H groups in total. The van der Waals surface area contributed by atoms with E-state index in [1.807, 2.05) is 13.8 Å². The van der Waals surface area contributed by atoms with Gasteiger partial charge in [-0.2, -0.15) is 4.31 Å². The molecule has 1 aliphatic heterocycles. The largest absolute Gasteiger partial charge is 0.326 e. The summed E-state index contributed by atoms with van der Waals surface area (Å²) in [4.78, 5) is 12.0. The summed E-state index contributed by atoms with van der Waals surface area (Å²) in [7, 11) is -3.45. The van der Waals surface area contributed by atoms with Crippen LogP contribution in [0, 0.1) is 0 Å². The van der Waals surface area contributed by atoms with Crippen molar-refractivity contribution in [2.45, 2.75) is 63.3 Å². The molecule has 0 saturated carbocycles. The van der Waals surface area contributed by atoms with Crippen LogP contribution in [0.5, 0.6) is 0 Å². The van der Waals surface area contributed by atoms with Gasteiger partial charge in [0.1, 0.15) is 0 Å². The van der Waals surface area contributed by atoms with Crippen LogP contribution < -0.4 is 5.32 Å². The molecule has 2 rings (SSSR count). The van der Waals surface area contributed by atoms with Crippen molar-refractivity contribution >= 4 is 21.6 Å². The number of unbranched alkanes of at least 4 members (excludes halogenated alkanes) is 1. The number of rotatable bonds is 6. The molecule has 6 heteroatoms. The molecule has 1 amide bonds. The fourth-order valence-electron chi connectivity index (χ4n) is 2.84. The number of hydrogen-bond acceptors (Lipinski definition) is 3. The number of hydrogen-bond donors (Lipinski definition) is 1. The van der Waals surface area contributed by atoms with Gasteiger partial charge in [-0.05, 0) is 50.5 Å². The van der Waals surface area contributed by atoms with Crippen molar-refractivity contribution in [2.75, 3.05) is 11.9 Å². The highest BCUT2D eigenvalue weighted by atomic mass is 32.2. The molecule has 23 heavy (non-hydrogen) atoms. The first kappa shape index (κ1) is 17.9. The number of sulfonamides is 1. The van der Waals surface area contributed by atoms with Gasteiger partial charge < -0.3 is 5.32 Å². The van der Waals surface area contributed by atoms with Crippen LogP contribution in [-0.4, -0.2) is 31.2 Å². The maximum absolute atomic E-state index is 12.7. The average molecular weight is 338 g/mol. The van der Waals surface area contributed by atoms with Gasteiger partial charge in [-0.15, -0.1) is 0 Å². The van der Waals surface area contributed by atoms with E-state index in [-0.39, 0.29) is 16.8 Å². The van der Waals surface area contributed by atoms with Gasteiger partial charge in [0, 0.05) is 24.7 Å². The quantitative estimate of drug-likeness (QED) is 0.864. The molecule has 0 bridgehead atoms. The molecule has 1 aromatic carbocycles. The minimum absolute atomic E-state index is 0.0351. The van der Waals surface area contributed by atoms with Gasteiger partial charge in [-0.25, -0.2) is 8.42 Å². The molecular formula is C17H26N2O3S. The summed E-state index contributed by atoms with van der Waals surface area (Å²) in [5.74, 6) is -0.0351. The van der Waals surface area contributed by atoms with Crippen LogP contribution in [0.4, 0.5) is 5.69 Å². The third-order valence-electron chi connectivity index (χ3n) is 4.24. The lowest BCUT2D eigenvalue weighted by atomic mass is 10.1. The van der Waals surface area contributed by atoms with Crippen molar-refractivity contribution in [3.63, 3.8) is 0 Å². The molecule has 1 unspecified atom stereocenters. The third-order valence-corrected chi connectivity index (χ3v) is 6.27. The van der Waals surface area contributed by atoms with Crippen molar-refractivity contribution < 1.29 is 13.2 Å². The lowest BCUT2D eigenvalue weighted by molar-refractivity contribution is -0.116. The number of nitrogens with zero attached hydrogens (tertiary/aromatic N) is 1. The van der Waals surface area contributed by atoms with E-state index < -0.39 is 10.0 Å². The Morgan fingerprint density at radius 3 is 2.57 bits per heavy atom. The van der Waals surface area contributed by atoms with Crippen LogP contribution in [0.1, 0.15) is 52.4 Å². The molecule has 1 fully saturated rings. The number of piperidine rings is 1. The van der Waals surface area contributed by atoms with E-state index in [0.717, 1.165) is 32.1 Å². The second kappa shape index (κ2) is 7.93. The van der Waals surface area contributed by atoms with Crippen LogP contribution in [0.3, 0.4) is 0 Å². The van der Waals surface area contributed by atoms with Crippen LogP contribution in [0.25, 0.3) is 0 Å². The molecule has 5 nitrogen and oxygen atoms in total. The van der Waals surface area contributed by atoms with Crippen molar-refractivity contribution in [1.29, 1.82) is 0 Å². The summed E-state index contributed by atoms with van der Waals surface area (Å²) in [6.45, 7) is 4.58. The highest BCUT2D eigenvalue weighted by molar-refractivity contribution is 7.89. The zero-order valence-electron chi connectivity index (χ0n) is 13.9. The Morgan fingerprint density at radius 1 is 1.26 bits per heavy atom. The smallest absolute Gasteiger partial charge is 0.243 e. The summed E-state index contributed by atoms with van der Waals surface area (Å²) >= 11 is 0. The monoisotopic (exact) mass is 338 g/mol. The molecule has 0 spiro atoms. The molecule has 1 heterocycles. The Bertz CT molecular complexity index is 626. The summed E-state index contributed by atoms with van der Waals surface area (Å²) < 4.78 is 27.0. The normalized spacial score (nSPS) is 19.5. The lowest BCUT2D eigenvalue weighted by Gasteiger charge is -2.32. The Morgan fingerprint density at radius 2 is 1.96 bits per heavy atom. The van der Waals surface area contributed by atoms with E-state index in [0.29, 0.717) is 18.7 Å². The first-order valence-electron chi connectivity index (χ1n) is 8.37. The lowest BCUT2D eigenvalue weighted by Crippen LogP contribution is -2.41. The number of anilines is 1. The number of benzene rings is 1. The van der Waals surface area contributed by atoms with E-state index in [4.69, 9.17) is 0 Å². The molecule has 0 aliphatic carbocycles. The van der Waals surface area contributed by atoms with E-state index in [1.165, 1.54) is 0 Å². The third kappa shape index (κ3) is 4.54. The van der Waals surface area contributed by atoms with E-state index in [9.17, 15) is 13.2 Å². The molecule has 1 aliphatic rings. The minimum atomic E-state index is -3.45. The molecule has 0 radical (unpaired) electrons. The standard InChI is InChI=1S/C17H26N2O3S/c1-3-4-8-17(20)18-15-9-11-16(12-10-15)23(21,22)19-13-6-5-7-14(19)2/h9-12,14H,3-8,13H2,1-2H3,(H,18,20). The highest BCUT2D eigenvalue weighted by Crippen LogP contribution is 2.25. The SMILES string of the molecule is CCCCC(=O)Nc1ccc(S(=O)(=O)N2CCCCC2C)cc1. The number of carbonyl (C=O) groups excluding carboxylic acids is 1. The summed E-state index contributed by atoms with van der Waals surface area (Å²) in [5.41, 5.74) is 0.636. The number of amides is 1. The van der Waals surface area contributed by atoms with E-state index in [2.05, 4.69) is 5.32 Å². The van der Waals surface area contributed by atoms with E-state index in [1.54, 1.807) is 28.6 Å². The maximum atomic E-state index is 12.7. The van der Waals surface area contributed by atoms with Crippen molar-refractivity contribution in [1.82, 2.24) is 4.31 Å². The zero-order chi connectivity index (χ0) is 16.9. The first-order valence-corrected chi connectivity index (χ1v) is 9.81. The van der Waals surface area contributed by atoms with Crippen molar-refractivity contribution in [2.24, 2.45) is 0 Å². The Kier molecular flexibility index (Phi) is 6.18. The van der Waals surface area contributed by atoms with Gasteiger partial charge in [0.05, 0.1) is 4.90 Å². The maximum Gasteiger partial charge on any atom is 0.243 e. The van der Waals surface area contributed by atoms with Gasteiger partial charge in [-0.1, -0.05) is 19.8 Å². The average Bonchev–Trinajstić information content (AvgIpc) is 2.53. The minimum Gasteiger partial charge on any atom is -0.326 e. The van der Waals surface area contributed by atoms with E-state index >= 15 is 0 Å². The van der Waals surface area contributed by atoms with Gasteiger partial charge in [-0.3, -0.25) is 4.79 Å². The fraction of sp³-hybridized carbons (Fsp3) is 0.588. The number of carbonyl (C=O) groups is 1. The molecule has 1 saturated heterocycles. The van der Waals surface area contributed by atoms with Crippen molar-refractivity contribution in [3.05, 3.63) is 24.3 Å². The second-order valence-electron chi connectivity index (χ2n) is 6.14. The van der Waals surface area contributed by atoms with Crippen LogP contribution in [0.2, 0.25) is 0 Å². The second-order valence-corrected chi connectivity index (χ2v) is 8.03. The van der Waals surface area contributed by atoms with Gasteiger partial charge in [0.2, 0.25) is 15.9 Å². The zero-order valence-corrected chi connectivity index (χ0v) is 14.7. The Hall–Kier alpha value is -1.40. The number of nitrogens with one attached hydrogen (secondary N) is 1. The van der Waals surface area contributed by atoms with Gasteiger partial charge in [0.25, 0.3) is 0 Å². The molecule has 1 aromatic rings. The Labute approximate surface area is 139 Å². The van der Waals surface area contributed by atoms with Crippen LogP contribution in [-0.2, 0) is 14.8 Å². The summed E-state index contributed by atoms with van der Waals surface area (Å²) in [5, 5.41) is 2.80. The Balaban J connectivity index is 2.07. The van der Waals surface area contributed by atoms with Gasteiger partial charge >= 0.3 is 0 Å². The van der Waals surface area contributed by atoms with Crippen molar-refractivity contribution in [3.8, 4) is 0 Å². The van der Waals surface area contributed by atoms with Crippen LogP contribution >= 0.6 is 0 Å². The molecule has 0 aromatic heterocycles. The fourth-order valence-corrected chi connectivity index (χ4v) is 4.53. The molecular weight excluding hydrogens is 312 g/mol. The van der Waals surface area contributed by atoms with Crippen LogP contribution in [0.15, 0.2) is 29.2 Å². The molecule has 128 valence electrons. The first-order chi connectivity index (χ1) is 10.9. The molecule has 1 atom stereocenters. The highest BCUT2D eigenvalue weighted by Gasteiger charge is 2.30. The predicted octanol–water partition coefficient (Wildman–Crippen LogP) is 3.38. The predicted molar refractivity (Wildman–Crippen MR) is 91.8 cm³/mol. The summed E-state index contributed by atoms with van der Waals surface area (Å²) in [6.07, 6.45) is 5.21. The summed E-state index contributed by atoms with van der Waals surface area (Å²) in [6, 6.07) is 6.51. The topological polar surface area (TPSA) is 66.5 Å².